The highest BCUT2D eigenvalue weighted by molar-refractivity contribution is 5.95. The first-order chi connectivity index (χ1) is 18.0. The normalized spacial score (nSPS) is 14.2. The average Bonchev–Trinajstić information content (AvgIpc) is 3.20. The van der Waals surface area contributed by atoms with Crippen molar-refractivity contribution in [2.24, 2.45) is 0 Å². The van der Waals surface area contributed by atoms with E-state index in [0.29, 0.717) is 29.8 Å². The fraction of sp³-hybridized carbons (Fsp3) is 0.367. The molecular weight excluding hydrogens is 482 g/mol. The molecule has 1 atom stereocenters. The van der Waals surface area contributed by atoms with Crippen LogP contribution in [0, 0.1) is 13.8 Å². The smallest absolute Gasteiger partial charge is 0.337 e. The maximum absolute atomic E-state index is 13.3. The van der Waals surface area contributed by atoms with Crippen LogP contribution in [-0.4, -0.2) is 37.8 Å². The number of nitrogens with one attached hydrogen (secondary N) is 1. The molecule has 0 spiro atoms. The molecule has 38 heavy (non-hydrogen) atoms. The molecule has 0 bridgehead atoms. The number of rotatable bonds is 6. The van der Waals surface area contributed by atoms with E-state index in [-0.39, 0.29) is 5.69 Å². The summed E-state index contributed by atoms with van der Waals surface area (Å²) in [5.74, 6) is -0.227. The molecule has 2 N–H and O–H groups in total. The molecule has 3 heterocycles. The van der Waals surface area contributed by atoms with Gasteiger partial charge < -0.3 is 19.6 Å². The Morgan fingerprint density at radius 2 is 2.03 bits per heavy atom. The number of ether oxygens (including phenoxy) is 2. The van der Waals surface area contributed by atoms with Gasteiger partial charge >= 0.3 is 11.7 Å². The van der Waals surface area contributed by atoms with Crippen LogP contribution < -0.4 is 10.4 Å². The van der Waals surface area contributed by atoms with E-state index in [2.05, 4.69) is 16.0 Å². The SMILES string of the molecule is Cc1c(C(OC(C)(C)C)C(=O)O)c(-c2ccc3c(c2)CCCO3)c(C)c2c1[nH]c(=O)n2Cc1cccnc1. The summed E-state index contributed by atoms with van der Waals surface area (Å²) in [6.45, 7) is 10.3. The van der Waals surface area contributed by atoms with E-state index in [4.69, 9.17) is 9.47 Å². The largest absolute Gasteiger partial charge is 0.493 e. The molecular formula is C30H33N3O5. The summed E-state index contributed by atoms with van der Waals surface area (Å²) in [6, 6.07) is 9.77. The van der Waals surface area contributed by atoms with E-state index in [1.165, 1.54) is 0 Å². The number of aryl methyl sites for hydroxylation is 3. The van der Waals surface area contributed by atoms with Gasteiger partial charge in [0.2, 0.25) is 0 Å². The van der Waals surface area contributed by atoms with Crippen molar-refractivity contribution in [3.63, 3.8) is 0 Å². The van der Waals surface area contributed by atoms with Gasteiger partial charge in [-0.15, -0.1) is 0 Å². The van der Waals surface area contributed by atoms with Crippen LogP contribution >= 0.6 is 0 Å². The van der Waals surface area contributed by atoms with Crippen LogP contribution in [0.1, 0.15) is 61.1 Å². The second-order valence-electron chi connectivity index (χ2n) is 10.9. The van der Waals surface area contributed by atoms with Crippen LogP contribution in [0.2, 0.25) is 0 Å². The third-order valence-electron chi connectivity index (χ3n) is 6.98. The maximum Gasteiger partial charge on any atom is 0.337 e. The number of pyridine rings is 1. The number of imidazole rings is 1. The number of benzene rings is 2. The summed E-state index contributed by atoms with van der Waals surface area (Å²) in [5.41, 5.74) is 6.02. The van der Waals surface area contributed by atoms with Gasteiger partial charge in [-0.3, -0.25) is 9.55 Å². The van der Waals surface area contributed by atoms with Gasteiger partial charge in [-0.25, -0.2) is 9.59 Å². The van der Waals surface area contributed by atoms with Gasteiger partial charge in [-0.2, -0.15) is 0 Å². The Bertz CT molecular complexity index is 1580. The minimum absolute atomic E-state index is 0.263. The van der Waals surface area contributed by atoms with E-state index in [9.17, 15) is 14.7 Å². The Balaban J connectivity index is 1.83. The molecule has 4 aromatic rings. The lowest BCUT2D eigenvalue weighted by Crippen LogP contribution is -2.28. The maximum atomic E-state index is 13.3. The molecule has 1 unspecified atom stereocenters. The van der Waals surface area contributed by atoms with E-state index in [1.807, 2.05) is 58.9 Å². The zero-order valence-corrected chi connectivity index (χ0v) is 22.4. The molecule has 0 radical (unpaired) electrons. The van der Waals surface area contributed by atoms with Gasteiger partial charge in [0.15, 0.2) is 6.10 Å². The Kier molecular flexibility index (Phi) is 6.61. The molecule has 0 aliphatic carbocycles. The number of fused-ring (bicyclic) bond motifs is 2. The highest BCUT2D eigenvalue weighted by atomic mass is 16.5. The Labute approximate surface area is 221 Å². The number of H-pyrrole nitrogens is 1. The predicted molar refractivity (Wildman–Crippen MR) is 146 cm³/mol. The first-order valence-electron chi connectivity index (χ1n) is 12.9. The minimum Gasteiger partial charge on any atom is -0.493 e. The van der Waals surface area contributed by atoms with Crippen molar-refractivity contribution in [2.75, 3.05) is 6.61 Å². The standard InChI is InChI=1S/C30H33N3O5/c1-17-24(27(28(34)35)38-30(3,4)5)23(21-10-11-22-20(14-21)9-7-13-37-22)18(2)26-25(17)32-29(36)33(26)16-19-8-6-12-31-15-19/h6,8,10-12,14-15,27H,7,9,13,16H2,1-5H3,(H,32,36)(H,34,35). The van der Waals surface area contributed by atoms with Gasteiger partial charge in [0.1, 0.15) is 5.75 Å². The van der Waals surface area contributed by atoms with E-state index in [1.54, 1.807) is 17.0 Å². The predicted octanol–water partition coefficient (Wildman–Crippen LogP) is 5.32. The number of aromatic nitrogens is 3. The number of hydrogen-bond acceptors (Lipinski definition) is 5. The lowest BCUT2D eigenvalue weighted by Gasteiger charge is -2.29. The Hall–Kier alpha value is -3.91. The summed E-state index contributed by atoms with van der Waals surface area (Å²) in [7, 11) is 0. The van der Waals surface area contributed by atoms with E-state index < -0.39 is 17.7 Å². The lowest BCUT2D eigenvalue weighted by molar-refractivity contribution is -0.160. The Morgan fingerprint density at radius 1 is 1.24 bits per heavy atom. The van der Waals surface area contributed by atoms with Crippen molar-refractivity contribution in [3.05, 3.63) is 81.0 Å². The van der Waals surface area contributed by atoms with Gasteiger partial charge in [0.05, 0.1) is 29.8 Å². The molecule has 2 aromatic carbocycles. The number of carboxylic acid groups (broad SMARTS) is 1. The van der Waals surface area contributed by atoms with Crippen LogP contribution in [0.25, 0.3) is 22.2 Å². The van der Waals surface area contributed by atoms with Crippen molar-refractivity contribution in [1.82, 2.24) is 14.5 Å². The van der Waals surface area contributed by atoms with E-state index in [0.717, 1.165) is 51.9 Å². The second-order valence-corrected chi connectivity index (χ2v) is 10.9. The number of carbonyl (C=O) groups is 1. The van der Waals surface area contributed by atoms with Gasteiger partial charge in [0, 0.05) is 18.0 Å². The zero-order chi connectivity index (χ0) is 27.2. The molecule has 8 heteroatoms. The first-order valence-corrected chi connectivity index (χ1v) is 12.9. The number of nitrogens with zero attached hydrogens (tertiary/aromatic N) is 2. The summed E-state index contributed by atoms with van der Waals surface area (Å²) in [6.07, 6.45) is 4.01. The molecule has 0 amide bonds. The molecule has 1 aliphatic heterocycles. The topological polar surface area (TPSA) is 106 Å². The van der Waals surface area contributed by atoms with Crippen LogP contribution in [0.5, 0.6) is 5.75 Å². The van der Waals surface area contributed by atoms with Crippen molar-refractivity contribution in [3.8, 4) is 16.9 Å². The van der Waals surface area contributed by atoms with Crippen molar-refractivity contribution in [1.29, 1.82) is 0 Å². The number of aliphatic carboxylic acids is 1. The van der Waals surface area contributed by atoms with Crippen molar-refractivity contribution < 1.29 is 19.4 Å². The molecule has 8 nitrogen and oxygen atoms in total. The van der Waals surface area contributed by atoms with Crippen molar-refractivity contribution in [2.45, 2.75) is 65.7 Å². The van der Waals surface area contributed by atoms with Crippen LogP contribution in [0.15, 0.2) is 47.5 Å². The molecule has 198 valence electrons. The summed E-state index contributed by atoms with van der Waals surface area (Å²) in [5, 5.41) is 10.4. The fourth-order valence-corrected chi connectivity index (χ4v) is 5.40. The third kappa shape index (κ3) is 4.72. The second kappa shape index (κ2) is 9.76. The number of aromatic amines is 1. The third-order valence-corrected chi connectivity index (χ3v) is 6.98. The van der Waals surface area contributed by atoms with Crippen molar-refractivity contribution >= 4 is 17.0 Å². The summed E-state index contributed by atoms with van der Waals surface area (Å²) in [4.78, 5) is 33.1. The molecule has 0 saturated carbocycles. The zero-order valence-electron chi connectivity index (χ0n) is 22.4. The van der Waals surface area contributed by atoms with Gasteiger partial charge in [-0.05, 0) is 99.0 Å². The highest BCUT2D eigenvalue weighted by Gasteiger charge is 2.34. The first kappa shape index (κ1) is 25.7. The van der Waals surface area contributed by atoms with Gasteiger partial charge in [0.25, 0.3) is 0 Å². The quantitative estimate of drug-likeness (QED) is 0.360. The fourth-order valence-electron chi connectivity index (χ4n) is 5.40. The summed E-state index contributed by atoms with van der Waals surface area (Å²) >= 11 is 0. The van der Waals surface area contributed by atoms with E-state index >= 15 is 0 Å². The molecule has 0 saturated heterocycles. The molecule has 1 aliphatic rings. The summed E-state index contributed by atoms with van der Waals surface area (Å²) < 4.78 is 13.7. The monoisotopic (exact) mass is 515 g/mol. The van der Waals surface area contributed by atoms with Crippen LogP contribution in [-0.2, 0) is 22.5 Å². The minimum atomic E-state index is -1.23. The number of hydrogen-bond donors (Lipinski definition) is 2. The van der Waals surface area contributed by atoms with Crippen LogP contribution in [0.3, 0.4) is 0 Å². The molecule has 5 rings (SSSR count). The lowest BCUT2D eigenvalue weighted by atomic mass is 9.86. The Morgan fingerprint density at radius 3 is 2.71 bits per heavy atom. The molecule has 2 aromatic heterocycles. The van der Waals surface area contributed by atoms with Gasteiger partial charge in [-0.1, -0.05) is 12.1 Å². The van der Waals surface area contributed by atoms with Crippen LogP contribution in [0.4, 0.5) is 0 Å². The average molecular weight is 516 g/mol. The molecule has 0 fully saturated rings. The highest BCUT2D eigenvalue weighted by Crippen LogP contribution is 2.43. The number of carboxylic acids is 1.